The van der Waals surface area contributed by atoms with Gasteiger partial charge in [-0.25, -0.2) is 9.46 Å². The normalized spacial score (nSPS) is 18.8. The number of ether oxygens (including phenoxy) is 5. The minimum atomic E-state index is -1.79. The molecule has 1 amide bonds. The lowest BCUT2D eigenvalue weighted by molar-refractivity contribution is -0.114. The van der Waals surface area contributed by atoms with Crippen LogP contribution in [0, 0.1) is 11.3 Å². The third kappa shape index (κ3) is 10.1. The van der Waals surface area contributed by atoms with Crippen molar-refractivity contribution in [1.29, 1.82) is 5.26 Å². The second kappa shape index (κ2) is 20.1. The van der Waals surface area contributed by atoms with E-state index in [9.17, 15) is 14.9 Å². The molecule has 3 aromatic carbocycles. The van der Waals surface area contributed by atoms with Crippen molar-refractivity contribution in [3.05, 3.63) is 118 Å². The summed E-state index contributed by atoms with van der Waals surface area (Å²) < 4.78 is 48.0. The fraction of sp³-hybridized carbons (Fsp3) is 0.429. The van der Waals surface area contributed by atoms with Gasteiger partial charge >= 0.3 is 5.69 Å². The highest BCUT2D eigenvalue weighted by atomic mass is 31.2. The Labute approximate surface area is 335 Å². The van der Waals surface area contributed by atoms with Gasteiger partial charge in [-0.15, -0.1) is 0 Å². The summed E-state index contributed by atoms with van der Waals surface area (Å²) in [5, 5.41) is 11.9. The highest BCUT2D eigenvalue weighted by Gasteiger charge is 2.51. The topological polar surface area (TPSA) is 156 Å². The van der Waals surface area contributed by atoms with E-state index in [2.05, 4.69) is 48.7 Å². The van der Waals surface area contributed by atoms with Gasteiger partial charge in [0.05, 0.1) is 39.9 Å². The van der Waals surface area contributed by atoms with E-state index in [4.69, 9.17) is 32.7 Å². The Morgan fingerprint density at radius 3 is 1.98 bits per heavy atom. The van der Waals surface area contributed by atoms with Crippen molar-refractivity contribution in [2.45, 2.75) is 83.3 Å². The molecule has 0 bridgehead atoms. The van der Waals surface area contributed by atoms with E-state index in [1.165, 1.54) is 30.9 Å². The number of aromatic nitrogens is 2. The predicted octanol–water partition coefficient (Wildman–Crippen LogP) is 6.80. The third-order valence-corrected chi connectivity index (χ3v) is 11.6. The summed E-state index contributed by atoms with van der Waals surface area (Å²) in [7, 11) is 2.97. The van der Waals surface area contributed by atoms with Gasteiger partial charge in [0.25, 0.3) is 8.53 Å². The Morgan fingerprint density at radius 1 is 0.912 bits per heavy atom. The largest absolute Gasteiger partial charge is 0.497 e. The monoisotopic (exact) mass is 801 g/mol. The Morgan fingerprint density at radius 2 is 1.49 bits per heavy atom. The van der Waals surface area contributed by atoms with Crippen molar-refractivity contribution in [2.75, 3.05) is 39.9 Å². The first-order chi connectivity index (χ1) is 27.5. The summed E-state index contributed by atoms with van der Waals surface area (Å²) in [6.45, 7) is 9.63. The number of hydrogen-bond donors (Lipinski definition) is 1. The van der Waals surface area contributed by atoms with Gasteiger partial charge in [-0.2, -0.15) is 10.2 Å². The number of carbonyl (C=O) groups excluding carboxylic acids is 1. The minimum absolute atomic E-state index is 0.0102. The van der Waals surface area contributed by atoms with E-state index in [0.717, 1.165) is 16.7 Å². The quantitative estimate of drug-likeness (QED) is 0.0602. The second-order valence-corrected chi connectivity index (χ2v) is 15.3. The zero-order chi connectivity index (χ0) is 41.1. The molecule has 1 N–H and O–H groups in total. The molecule has 1 fully saturated rings. The minimum Gasteiger partial charge on any atom is -0.497 e. The summed E-state index contributed by atoms with van der Waals surface area (Å²) in [4.78, 5) is 29.4. The Hall–Kier alpha value is -4.71. The van der Waals surface area contributed by atoms with Crippen LogP contribution in [0.1, 0.15) is 64.0 Å². The molecule has 1 unspecified atom stereocenters. The van der Waals surface area contributed by atoms with Gasteiger partial charge in [-0.3, -0.25) is 9.36 Å². The highest BCUT2D eigenvalue weighted by Crippen LogP contribution is 2.51. The molecule has 4 aromatic rings. The van der Waals surface area contributed by atoms with Gasteiger partial charge < -0.3 is 38.0 Å². The van der Waals surface area contributed by atoms with Crippen molar-refractivity contribution in [2.24, 2.45) is 0 Å². The van der Waals surface area contributed by atoms with E-state index in [1.54, 1.807) is 14.2 Å². The van der Waals surface area contributed by atoms with Crippen molar-refractivity contribution in [1.82, 2.24) is 14.2 Å². The van der Waals surface area contributed by atoms with Crippen LogP contribution in [-0.2, 0) is 33.7 Å². The molecule has 5 rings (SSSR count). The fourth-order valence-corrected chi connectivity index (χ4v) is 8.75. The van der Waals surface area contributed by atoms with Gasteiger partial charge in [-0.1, -0.05) is 54.6 Å². The smallest absolute Gasteiger partial charge is 0.351 e. The van der Waals surface area contributed by atoms with E-state index in [-0.39, 0.29) is 43.4 Å². The van der Waals surface area contributed by atoms with Crippen LogP contribution in [-0.4, -0.2) is 85.1 Å². The predicted molar refractivity (Wildman–Crippen MR) is 216 cm³/mol. The first-order valence-corrected chi connectivity index (χ1v) is 19.9. The van der Waals surface area contributed by atoms with E-state index in [1.807, 2.05) is 78.9 Å². The number of nitriles is 1. The van der Waals surface area contributed by atoms with Crippen LogP contribution < -0.4 is 20.5 Å². The molecule has 0 spiro atoms. The van der Waals surface area contributed by atoms with E-state index >= 15 is 0 Å². The van der Waals surface area contributed by atoms with Gasteiger partial charge in [0.1, 0.15) is 41.2 Å². The average Bonchev–Trinajstić information content (AvgIpc) is 3.54. The molecule has 57 heavy (non-hydrogen) atoms. The van der Waals surface area contributed by atoms with Crippen LogP contribution >= 0.6 is 8.53 Å². The van der Waals surface area contributed by atoms with Gasteiger partial charge in [0.2, 0.25) is 5.91 Å². The number of nitrogens with zero attached hydrogens (tertiary/aromatic N) is 4. The lowest BCUT2D eigenvalue weighted by atomic mass is 9.80. The summed E-state index contributed by atoms with van der Waals surface area (Å²) >= 11 is 0. The van der Waals surface area contributed by atoms with Gasteiger partial charge in [-0.05, 0) is 74.7 Å². The van der Waals surface area contributed by atoms with Crippen molar-refractivity contribution >= 4 is 20.3 Å². The molecule has 1 saturated heterocycles. The molecule has 14 nitrogen and oxygen atoms in total. The Balaban J connectivity index is 1.65. The number of amides is 1. The number of benzene rings is 3. The van der Waals surface area contributed by atoms with Crippen molar-refractivity contribution in [3.8, 4) is 17.6 Å². The number of nitrogens with one attached hydrogen (secondary N) is 1. The van der Waals surface area contributed by atoms with Crippen molar-refractivity contribution < 1.29 is 37.5 Å². The molecule has 304 valence electrons. The number of rotatable bonds is 19. The maximum atomic E-state index is 13.6. The summed E-state index contributed by atoms with van der Waals surface area (Å²) in [6, 6.07) is 29.0. The van der Waals surface area contributed by atoms with Crippen LogP contribution in [0.15, 0.2) is 95.9 Å². The third-order valence-electron chi connectivity index (χ3n) is 9.48. The lowest BCUT2D eigenvalue weighted by Crippen LogP contribution is -2.43. The Bertz CT molecular complexity index is 1930. The maximum Gasteiger partial charge on any atom is 0.351 e. The number of carbonyl (C=O) groups is 1. The van der Waals surface area contributed by atoms with E-state index < -0.39 is 44.4 Å². The fourth-order valence-electron chi connectivity index (χ4n) is 6.98. The first kappa shape index (κ1) is 43.4. The summed E-state index contributed by atoms with van der Waals surface area (Å²) in [5.74, 6) is 1.11. The average molecular weight is 802 g/mol. The molecule has 1 aliphatic rings. The van der Waals surface area contributed by atoms with E-state index in [0.29, 0.717) is 11.5 Å². The molecule has 1 aromatic heterocycles. The zero-order valence-corrected chi connectivity index (χ0v) is 34.6. The number of anilines is 1. The van der Waals surface area contributed by atoms with Crippen LogP contribution in [0.5, 0.6) is 11.5 Å². The lowest BCUT2D eigenvalue weighted by Gasteiger charge is -2.39. The zero-order valence-electron chi connectivity index (χ0n) is 33.7. The standard InChI is InChI=1S/C42H52N5O9P/c1-28(2)47(29(3)4)57(54-26-12-24-43)56-38-36(55-40(39(38)52-8)46-25-23-37(44-30(5)48)45-41(46)49)27-53-42(31-13-10-9-11-14-31,32-15-19-34(50-6)20-16-32)33-17-21-35(51-7)22-18-33/h9-11,13-23,25,28-29,36,38-40H,12,26-27H2,1-8H3,(H,44,45,48,49)/t36-,38-,39+,40-,57?/m1/s1. The van der Waals surface area contributed by atoms with Gasteiger partial charge in [0.15, 0.2) is 6.23 Å². The Kier molecular flexibility index (Phi) is 15.3. The van der Waals surface area contributed by atoms with Crippen molar-refractivity contribution in [3.63, 3.8) is 0 Å². The maximum absolute atomic E-state index is 13.6. The number of hydrogen-bond acceptors (Lipinski definition) is 12. The van der Waals surface area contributed by atoms with Gasteiger partial charge in [0, 0.05) is 32.3 Å². The first-order valence-electron chi connectivity index (χ1n) is 18.8. The molecule has 1 aliphatic heterocycles. The van der Waals surface area contributed by atoms with Crippen LogP contribution in [0.3, 0.4) is 0 Å². The molecular formula is C42H52N5O9P. The molecular weight excluding hydrogens is 749 g/mol. The molecule has 0 aliphatic carbocycles. The molecule has 0 saturated carbocycles. The summed E-state index contributed by atoms with van der Waals surface area (Å²) in [6.07, 6.45) is -1.90. The number of methoxy groups -OCH3 is 3. The van der Waals surface area contributed by atoms with Crippen LogP contribution in [0.25, 0.3) is 0 Å². The molecule has 5 atom stereocenters. The molecule has 2 heterocycles. The summed E-state index contributed by atoms with van der Waals surface area (Å²) in [5.41, 5.74) is 0.622. The highest BCUT2D eigenvalue weighted by molar-refractivity contribution is 7.44. The molecule has 15 heteroatoms. The van der Waals surface area contributed by atoms with Crippen LogP contribution in [0.2, 0.25) is 0 Å². The van der Waals surface area contributed by atoms with Crippen LogP contribution in [0.4, 0.5) is 5.82 Å². The SMILES string of the molecule is COc1ccc(C(OC[C@H]2O[C@@H](n3ccc(NC(C)=O)nc3=O)[C@@H](OC)[C@@H]2OP(OCCC#N)N(C(C)C)C(C)C)(c2ccccc2)c2ccc(OC)cc2)cc1. The second-order valence-electron chi connectivity index (χ2n) is 13.9. The molecule has 0 radical (unpaired) electrons.